The zero-order valence-electron chi connectivity index (χ0n) is 23.5. The first-order valence-electron chi connectivity index (χ1n) is 14.2. The van der Waals surface area contributed by atoms with Crippen LogP contribution in [0.15, 0.2) is 42.5 Å². The molecule has 2 aliphatic rings. The second-order valence-electron chi connectivity index (χ2n) is 10.9. The first kappa shape index (κ1) is 30.1. The molecule has 2 heterocycles. The Kier molecular flexibility index (Phi) is 10.6. The van der Waals surface area contributed by atoms with Crippen molar-refractivity contribution in [2.45, 2.75) is 45.1 Å². The van der Waals surface area contributed by atoms with Gasteiger partial charge in [-0.1, -0.05) is 35.4 Å². The third-order valence-corrected chi connectivity index (χ3v) is 8.11. The van der Waals surface area contributed by atoms with E-state index >= 15 is 0 Å². The molecular formula is C30H41ClFN4O4+. The Hall–Kier alpha value is -2.88. The van der Waals surface area contributed by atoms with Gasteiger partial charge < -0.3 is 19.7 Å². The summed E-state index contributed by atoms with van der Waals surface area (Å²) in [6.45, 7) is 6.56. The number of likely N-dealkylation sites (N-methyl/N-ethyl adjacent to an activating group) is 1. The van der Waals surface area contributed by atoms with Crippen LogP contribution in [-0.4, -0.2) is 91.9 Å². The van der Waals surface area contributed by atoms with E-state index in [-0.39, 0.29) is 41.7 Å². The summed E-state index contributed by atoms with van der Waals surface area (Å²) in [5.74, 6) is 0.0784. The standard InChI is InChI=1S/C30H40ClFN4O4/c1-23-10-12-25(13-11-23)39-19-15-34(2)29(38)21-35-20-24(22-36(35)16-5-3-4-6-17-36)33-28(37)14-18-40-30-26(31)8-7-9-27(30)32/h7-13,24H,3-6,14-22H2,1-2H3/p+1. The van der Waals surface area contributed by atoms with Gasteiger partial charge in [0.2, 0.25) is 11.8 Å². The van der Waals surface area contributed by atoms with Crippen molar-refractivity contribution in [3.8, 4) is 11.5 Å². The zero-order chi connectivity index (χ0) is 28.5. The number of benzene rings is 2. The SMILES string of the molecule is Cc1ccc(OCCN(C)C(=O)CN2CC(NC(=O)CCOc3c(F)cccc3Cl)C[N+]23CCCCCC3)cc1. The van der Waals surface area contributed by atoms with Crippen LogP contribution in [0.5, 0.6) is 11.5 Å². The summed E-state index contributed by atoms with van der Waals surface area (Å²) in [5.41, 5.74) is 1.17. The monoisotopic (exact) mass is 575 g/mol. The zero-order valence-corrected chi connectivity index (χ0v) is 24.3. The van der Waals surface area contributed by atoms with Crippen LogP contribution in [0, 0.1) is 12.7 Å². The fraction of sp³-hybridized carbons (Fsp3) is 0.533. The molecule has 2 aromatic rings. The second kappa shape index (κ2) is 14.1. The molecule has 0 bridgehead atoms. The Bertz CT molecular complexity index is 1120. The second-order valence-corrected chi connectivity index (χ2v) is 11.3. The fourth-order valence-corrected chi connectivity index (χ4v) is 5.78. The number of carbonyl (C=O) groups is 2. The summed E-state index contributed by atoms with van der Waals surface area (Å²) in [5, 5.41) is 5.55. The van der Waals surface area contributed by atoms with Gasteiger partial charge in [0, 0.05) is 7.05 Å². The number of nitrogens with zero attached hydrogens (tertiary/aromatic N) is 3. The van der Waals surface area contributed by atoms with E-state index in [1.807, 2.05) is 38.2 Å². The Labute approximate surface area is 241 Å². The third-order valence-electron chi connectivity index (χ3n) is 7.81. The molecule has 2 fully saturated rings. The van der Waals surface area contributed by atoms with Crippen LogP contribution in [0.4, 0.5) is 4.39 Å². The molecule has 2 aromatic carbocycles. The molecule has 2 amide bonds. The molecule has 1 atom stereocenters. The van der Waals surface area contributed by atoms with Gasteiger partial charge in [0.1, 0.15) is 25.4 Å². The van der Waals surface area contributed by atoms with E-state index in [2.05, 4.69) is 10.3 Å². The van der Waals surface area contributed by atoms with Crippen molar-refractivity contribution in [1.29, 1.82) is 0 Å². The highest BCUT2D eigenvalue weighted by Crippen LogP contribution is 2.29. The maximum Gasteiger partial charge on any atom is 0.242 e. The van der Waals surface area contributed by atoms with Gasteiger partial charge in [-0.2, -0.15) is 0 Å². The topological polar surface area (TPSA) is 71.1 Å². The Morgan fingerprint density at radius 1 is 1.07 bits per heavy atom. The molecular weight excluding hydrogens is 535 g/mol. The molecule has 1 unspecified atom stereocenters. The van der Waals surface area contributed by atoms with E-state index < -0.39 is 5.82 Å². The van der Waals surface area contributed by atoms with Crippen LogP contribution in [0.25, 0.3) is 0 Å². The lowest BCUT2D eigenvalue weighted by atomic mass is 10.2. The Morgan fingerprint density at radius 2 is 1.80 bits per heavy atom. The molecule has 0 aromatic heterocycles. The maximum atomic E-state index is 13.9. The highest BCUT2D eigenvalue weighted by atomic mass is 35.5. The van der Waals surface area contributed by atoms with Crippen LogP contribution < -0.4 is 14.8 Å². The van der Waals surface area contributed by atoms with Crippen molar-refractivity contribution in [3.63, 3.8) is 0 Å². The van der Waals surface area contributed by atoms with Gasteiger partial charge in [0.25, 0.3) is 0 Å². The molecule has 0 aliphatic carbocycles. The number of rotatable bonds is 11. The van der Waals surface area contributed by atoms with Crippen LogP contribution in [0.3, 0.4) is 0 Å². The highest BCUT2D eigenvalue weighted by Gasteiger charge is 2.47. The molecule has 2 saturated heterocycles. The van der Waals surface area contributed by atoms with E-state index in [9.17, 15) is 14.0 Å². The minimum Gasteiger partial charge on any atom is -0.492 e. The lowest BCUT2D eigenvalue weighted by Gasteiger charge is -2.40. The molecule has 1 spiro atoms. The quantitative estimate of drug-likeness (QED) is 0.407. The number of ether oxygens (including phenoxy) is 2. The van der Waals surface area contributed by atoms with Crippen molar-refractivity contribution in [3.05, 3.63) is 58.9 Å². The van der Waals surface area contributed by atoms with E-state index in [1.54, 1.807) is 11.0 Å². The van der Waals surface area contributed by atoms with Gasteiger partial charge in [0.05, 0.1) is 50.3 Å². The van der Waals surface area contributed by atoms with Crippen molar-refractivity contribution < 1.29 is 28.0 Å². The molecule has 2 aliphatic heterocycles. The molecule has 1 N–H and O–H groups in total. The highest BCUT2D eigenvalue weighted by molar-refractivity contribution is 6.32. The Morgan fingerprint density at radius 3 is 2.50 bits per heavy atom. The molecule has 0 radical (unpaired) electrons. The predicted molar refractivity (Wildman–Crippen MR) is 153 cm³/mol. The summed E-state index contributed by atoms with van der Waals surface area (Å²) >= 11 is 6.01. The number of para-hydroxylation sites is 1. The lowest BCUT2D eigenvalue weighted by Crippen LogP contribution is -2.59. The van der Waals surface area contributed by atoms with E-state index in [4.69, 9.17) is 21.1 Å². The minimum atomic E-state index is -0.553. The maximum absolute atomic E-state index is 13.9. The van der Waals surface area contributed by atoms with Crippen molar-refractivity contribution in [2.24, 2.45) is 0 Å². The molecule has 8 nitrogen and oxygen atoms in total. The number of hydrogen-bond acceptors (Lipinski definition) is 5. The van der Waals surface area contributed by atoms with Crippen molar-refractivity contribution >= 4 is 23.4 Å². The van der Waals surface area contributed by atoms with E-state index in [0.29, 0.717) is 26.2 Å². The number of halogens is 2. The summed E-state index contributed by atoms with van der Waals surface area (Å²) in [6.07, 6.45) is 4.66. The summed E-state index contributed by atoms with van der Waals surface area (Å²) in [4.78, 5) is 27.7. The Balaban J connectivity index is 1.29. The number of hydrogen-bond donors (Lipinski definition) is 1. The number of nitrogens with one attached hydrogen (secondary N) is 1. The third kappa shape index (κ3) is 8.08. The number of aryl methyl sites for hydroxylation is 1. The largest absolute Gasteiger partial charge is 0.492 e. The summed E-state index contributed by atoms with van der Waals surface area (Å²) in [6, 6.07) is 12.1. The molecule has 4 rings (SSSR count). The molecule has 10 heteroatoms. The van der Waals surface area contributed by atoms with Crippen molar-refractivity contribution in [1.82, 2.24) is 15.2 Å². The van der Waals surface area contributed by atoms with Gasteiger partial charge in [0.15, 0.2) is 11.6 Å². The smallest absolute Gasteiger partial charge is 0.242 e. The van der Waals surface area contributed by atoms with Gasteiger partial charge in [-0.15, -0.1) is 5.01 Å². The normalized spacial score (nSPS) is 18.8. The van der Waals surface area contributed by atoms with Gasteiger partial charge >= 0.3 is 0 Å². The molecule has 40 heavy (non-hydrogen) atoms. The number of carbonyl (C=O) groups excluding carboxylic acids is 2. The van der Waals surface area contributed by atoms with Crippen LogP contribution in [0.2, 0.25) is 5.02 Å². The van der Waals surface area contributed by atoms with E-state index in [1.165, 1.54) is 30.5 Å². The first-order valence-corrected chi connectivity index (χ1v) is 14.5. The van der Waals surface area contributed by atoms with Crippen LogP contribution in [-0.2, 0) is 9.59 Å². The molecule has 218 valence electrons. The fourth-order valence-electron chi connectivity index (χ4n) is 5.56. The average molecular weight is 576 g/mol. The minimum absolute atomic E-state index is 0.0247. The van der Waals surface area contributed by atoms with Gasteiger partial charge in [-0.05, 0) is 56.9 Å². The predicted octanol–water partition coefficient (Wildman–Crippen LogP) is 4.20. The van der Waals surface area contributed by atoms with Crippen LogP contribution in [0.1, 0.15) is 37.7 Å². The molecule has 0 saturated carbocycles. The van der Waals surface area contributed by atoms with Crippen molar-refractivity contribution in [2.75, 3.05) is 59.5 Å². The van der Waals surface area contributed by atoms with Gasteiger partial charge in [-0.25, -0.2) is 8.98 Å². The lowest BCUT2D eigenvalue weighted by molar-refractivity contribution is -1.02. The number of amides is 2. The summed E-state index contributed by atoms with van der Waals surface area (Å²) in [7, 11) is 1.81. The van der Waals surface area contributed by atoms with Crippen LogP contribution >= 0.6 is 11.6 Å². The van der Waals surface area contributed by atoms with Gasteiger partial charge in [-0.3, -0.25) is 9.59 Å². The first-order chi connectivity index (χ1) is 19.3. The summed E-state index contributed by atoms with van der Waals surface area (Å²) < 4.78 is 25.9. The average Bonchev–Trinajstić information content (AvgIpc) is 3.07. The van der Waals surface area contributed by atoms with E-state index in [0.717, 1.165) is 42.8 Å². The number of quaternary nitrogens is 1.